The number of benzene rings is 1. The van der Waals surface area contributed by atoms with Crippen LogP contribution in [0.3, 0.4) is 0 Å². The van der Waals surface area contributed by atoms with Crippen LogP contribution >= 0.6 is 7.60 Å². The van der Waals surface area contributed by atoms with Crippen molar-refractivity contribution in [2.24, 2.45) is 0 Å². The third-order valence-electron chi connectivity index (χ3n) is 1.74. The van der Waals surface area contributed by atoms with Crippen LogP contribution in [-0.2, 0) is 4.57 Å². The van der Waals surface area contributed by atoms with E-state index in [1.807, 2.05) is 6.92 Å². The predicted octanol–water partition coefficient (Wildman–Crippen LogP) is 2.14. The van der Waals surface area contributed by atoms with Gasteiger partial charge in [-0.3, -0.25) is 4.57 Å². The first-order valence-corrected chi connectivity index (χ1v) is 5.34. The van der Waals surface area contributed by atoms with E-state index in [1.54, 1.807) is 24.3 Å². The van der Waals surface area contributed by atoms with Gasteiger partial charge in [0.25, 0.3) is 0 Å². The van der Waals surface area contributed by atoms with Crippen molar-refractivity contribution in [3.63, 3.8) is 0 Å². The molecule has 2 N–H and O–H groups in total. The van der Waals surface area contributed by atoms with Crippen LogP contribution in [0.5, 0.6) is 0 Å². The fourth-order valence-electron chi connectivity index (χ4n) is 0.914. The molecule has 1 rings (SSSR count). The van der Waals surface area contributed by atoms with Gasteiger partial charge in [0.1, 0.15) is 0 Å². The minimum Gasteiger partial charge on any atom is -0.321 e. The maximum atomic E-state index is 10.8. The summed E-state index contributed by atoms with van der Waals surface area (Å²) in [5.41, 5.74) is 1.53. The lowest BCUT2D eigenvalue weighted by Crippen LogP contribution is -1.84. The van der Waals surface area contributed by atoms with Crippen LogP contribution in [0.25, 0.3) is 5.31 Å². The first-order chi connectivity index (χ1) is 5.91. The van der Waals surface area contributed by atoms with E-state index in [0.29, 0.717) is 5.56 Å². The summed E-state index contributed by atoms with van der Waals surface area (Å²) in [5, 5.41) is -0.132. The molecule has 70 valence electrons. The van der Waals surface area contributed by atoms with Crippen LogP contribution in [0, 0.1) is 6.92 Å². The average molecular weight is 198 g/mol. The summed E-state index contributed by atoms with van der Waals surface area (Å²) in [5.74, 6) is 0. The number of rotatable bonds is 2. The van der Waals surface area contributed by atoms with Gasteiger partial charge in [-0.05, 0) is 12.5 Å². The Balaban J connectivity index is 3.04. The van der Waals surface area contributed by atoms with Gasteiger partial charge in [-0.15, -0.1) is 0 Å². The molecule has 0 aliphatic heterocycles. The number of hydrogen-bond donors (Lipinski definition) is 2. The van der Waals surface area contributed by atoms with Gasteiger partial charge in [-0.1, -0.05) is 36.4 Å². The van der Waals surface area contributed by atoms with Gasteiger partial charge in [0.05, 0.1) is 5.31 Å². The normalized spacial score (nSPS) is 11.3. The molecule has 1 aromatic carbocycles. The molecule has 0 radical (unpaired) electrons. The highest BCUT2D eigenvalue weighted by Crippen LogP contribution is 2.49. The lowest BCUT2D eigenvalue weighted by Gasteiger charge is -2.07. The molecule has 0 saturated heterocycles. The lowest BCUT2D eigenvalue weighted by molar-refractivity contribution is 0.388. The van der Waals surface area contributed by atoms with Crippen molar-refractivity contribution in [2.45, 2.75) is 6.92 Å². The molecule has 0 heterocycles. The molecule has 0 unspecified atom stereocenters. The quantitative estimate of drug-likeness (QED) is 0.716. The lowest BCUT2D eigenvalue weighted by atomic mass is 10.1. The second-order valence-corrected chi connectivity index (χ2v) is 4.48. The summed E-state index contributed by atoms with van der Waals surface area (Å²) < 4.78 is 10.8. The number of aryl methyl sites for hydroxylation is 1. The first kappa shape index (κ1) is 10.2. The van der Waals surface area contributed by atoms with Gasteiger partial charge < -0.3 is 9.79 Å². The molecule has 0 atom stereocenters. The first-order valence-electron chi connectivity index (χ1n) is 3.73. The molecule has 4 heteroatoms. The zero-order valence-corrected chi connectivity index (χ0v) is 8.16. The van der Waals surface area contributed by atoms with E-state index < -0.39 is 7.60 Å². The molecular weight excluding hydrogens is 187 g/mol. The average Bonchev–Trinajstić information content (AvgIpc) is 2.03. The van der Waals surface area contributed by atoms with Crippen LogP contribution < -0.4 is 0 Å². The molecule has 0 amide bonds. The Kier molecular flexibility index (Phi) is 2.71. The molecule has 0 aromatic heterocycles. The Hall–Kier alpha value is -0.890. The highest BCUT2D eigenvalue weighted by atomic mass is 31.2. The van der Waals surface area contributed by atoms with Crippen molar-refractivity contribution in [3.05, 3.63) is 42.0 Å². The van der Waals surface area contributed by atoms with E-state index in [0.717, 1.165) is 5.56 Å². The summed E-state index contributed by atoms with van der Waals surface area (Å²) in [4.78, 5) is 17.6. The van der Waals surface area contributed by atoms with E-state index in [4.69, 9.17) is 9.79 Å². The maximum Gasteiger partial charge on any atom is 0.356 e. The van der Waals surface area contributed by atoms with Gasteiger partial charge in [-0.25, -0.2) is 0 Å². The third-order valence-corrected chi connectivity index (χ3v) is 2.70. The molecular formula is C9H11O3P. The molecule has 0 saturated carbocycles. The Morgan fingerprint density at radius 3 is 2.15 bits per heavy atom. The van der Waals surface area contributed by atoms with Crippen molar-refractivity contribution in [1.29, 1.82) is 0 Å². The smallest absolute Gasteiger partial charge is 0.321 e. The minimum atomic E-state index is -4.19. The van der Waals surface area contributed by atoms with Gasteiger partial charge in [0.15, 0.2) is 0 Å². The highest BCUT2D eigenvalue weighted by molar-refractivity contribution is 7.63. The van der Waals surface area contributed by atoms with Crippen LogP contribution in [0.15, 0.2) is 30.8 Å². The second-order valence-electron chi connectivity index (χ2n) is 2.86. The van der Waals surface area contributed by atoms with Crippen LogP contribution in [0.1, 0.15) is 11.1 Å². The summed E-state index contributed by atoms with van der Waals surface area (Å²) in [6.07, 6.45) is 0. The SMILES string of the molecule is C=C(c1ccc(C)cc1)P(=O)(O)O. The Bertz CT molecular complexity index is 361. The summed E-state index contributed by atoms with van der Waals surface area (Å²) >= 11 is 0. The molecule has 3 nitrogen and oxygen atoms in total. The van der Waals surface area contributed by atoms with Crippen LogP contribution in [-0.4, -0.2) is 9.79 Å². The standard InChI is InChI=1S/C9H11O3P/c1-7-3-5-9(6-4-7)8(2)13(10,11)12/h3-6H,2H2,1H3,(H2,10,11,12). The van der Waals surface area contributed by atoms with E-state index in [1.165, 1.54) is 0 Å². The van der Waals surface area contributed by atoms with Crippen molar-refractivity contribution in [2.75, 3.05) is 0 Å². The Labute approximate surface area is 76.9 Å². The monoisotopic (exact) mass is 198 g/mol. The second kappa shape index (κ2) is 3.46. The van der Waals surface area contributed by atoms with Gasteiger partial charge in [0.2, 0.25) is 0 Å². The topological polar surface area (TPSA) is 57.5 Å². The van der Waals surface area contributed by atoms with Crippen molar-refractivity contribution >= 4 is 12.9 Å². The minimum absolute atomic E-state index is 0.132. The number of hydrogen-bond acceptors (Lipinski definition) is 1. The molecule has 13 heavy (non-hydrogen) atoms. The molecule has 0 aliphatic carbocycles. The largest absolute Gasteiger partial charge is 0.356 e. The van der Waals surface area contributed by atoms with Crippen LogP contribution in [0.2, 0.25) is 0 Å². The van der Waals surface area contributed by atoms with Crippen molar-refractivity contribution in [1.82, 2.24) is 0 Å². The van der Waals surface area contributed by atoms with Gasteiger partial charge >= 0.3 is 7.60 Å². The molecule has 0 bridgehead atoms. The van der Waals surface area contributed by atoms with Crippen molar-refractivity contribution in [3.8, 4) is 0 Å². The maximum absolute atomic E-state index is 10.8. The highest BCUT2D eigenvalue weighted by Gasteiger charge is 2.19. The third kappa shape index (κ3) is 2.52. The van der Waals surface area contributed by atoms with E-state index in [9.17, 15) is 4.57 Å². The zero-order valence-electron chi connectivity index (χ0n) is 7.27. The molecule has 0 fully saturated rings. The summed E-state index contributed by atoms with van der Waals surface area (Å²) in [6.45, 7) is 5.27. The molecule has 0 aliphatic rings. The molecule has 1 aromatic rings. The van der Waals surface area contributed by atoms with E-state index in [2.05, 4.69) is 6.58 Å². The zero-order chi connectivity index (χ0) is 10.1. The van der Waals surface area contributed by atoms with E-state index >= 15 is 0 Å². The van der Waals surface area contributed by atoms with Gasteiger partial charge in [-0.2, -0.15) is 0 Å². The Morgan fingerprint density at radius 1 is 1.31 bits per heavy atom. The fourth-order valence-corrected chi connectivity index (χ4v) is 1.40. The Morgan fingerprint density at radius 2 is 1.77 bits per heavy atom. The van der Waals surface area contributed by atoms with Crippen LogP contribution in [0.4, 0.5) is 0 Å². The van der Waals surface area contributed by atoms with Gasteiger partial charge in [0, 0.05) is 0 Å². The summed E-state index contributed by atoms with van der Waals surface area (Å²) in [7, 11) is -4.19. The molecule has 0 spiro atoms. The fraction of sp³-hybridized carbons (Fsp3) is 0.111. The predicted molar refractivity (Wildman–Crippen MR) is 52.3 cm³/mol. The van der Waals surface area contributed by atoms with E-state index in [-0.39, 0.29) is 5.31 Å². The van der Waals surface area contributed by atoms with Crippen molar-refractivity contribution < 1.29 is 14.4 Å². The summed E-state index contributed by atoms with van der Waals surface area (Å²) in [6, 6.07) is 6.87.